The maximum atomic E-state index is 11.9. The van der Waals surface area contributed by atoms with Gasteiger partial charge in [0.1, 0.15) is 0 Å². The van der Waals surface area contributed by atoms with Gasteiger partial charge in [-0.2, -0.15) is 13.2 Å². The van der Waals surface area contributed by atoms with Crippen LogP contribution in [-0.2, 0) is 4.79 Å². The first-order valence-corrected chi connectivity index (χ1v) is 3.90. The molecule has 3 nitrogen and oxygen atoms in total. The highest BCUT2D eigenvalue weighted by Crippen LogP contribution is 2.30. The van der Waals surface area contributed by atoms with E-state index in [0.717, 1.165) is 0 Å². The molecule has 1 aliphatic heterocycles. The molecule has 6 heteroatoms. The summed E-state index contributed by atoms with van der Waals surface area (Å²) >= 11 is 0. The minimum atomic E-state index is -4.27. The highest BCUT2D eigenvalue weighted by Gasteiger charge is 2.40. The number of halogens is 3. The van der Waals surface area contributed by atoms with E-state index in [9.17, 15) is 18.0 Å². The third-order valence-corrected chi connectivity index (χ3v) is 2.15. The van der Waals surface area contributed by atoms with E-state index >= 15 is 0 Å². The first-order chi connectivity index (χ1) is 5.90. The number of carboxylic acids is 1. The Morgan fingerprint density at radius 3 is 2.54 bits per heavy atom. The van der Waals surface area contributed by atoms with Gasteiger partial charge in [0.05, 0.1) is 5.92 Å². The number of carbonyl (C=O) groups is 1. The van der Waals surface area contributed by atoms with E-state index < -0.39 is 30.4 Å². The third-order valence-electron chi connectivity index (χ3n) is 2.15. The summed E-state index contributed by atoms with van der Waals surface area (Å²) in [5, 5.41) is 11.2. The lowest BCUT2D eigenvalue weighted by molar-refractivity contribution is -0.154. The van der Waals surface area contributed by atoms with Crippen LogP contribution < -0.4 is 5.32 Å². The van der Waals surface area contributed by atoms with E-state index in [1.165, 1.54) is 0 Å². The normalized spacial score (nSPS) is 29.2. The smallest absolute Gasteiger partial charge is 0.389 e. The Morgan fingerprint density at radius 2 is 2.08 bits per heavy atom. The van der Waals surface area contributed by atoms with E-state index in [1.54, 1.807) is 0 Å². The van der Waals surface area contributed by atoms with Crippen molar-refractivity contribution in [1.29, 1.82) is 0 Å². The molecule has 2 N–H and O–H groups in total. The van der Waals surface area contributed by atoms with Gasteiger partial charge in [0.15, 0.2) is 0 Å². The van der Waals surface area contributed by atoms with Gasteiger partial charge in [0, 0.05) is 13.0 Å². The van der Waals surface area contributed by atoms with Crippen LogP contribution in [0.15, 0.2) is 0 Å². The van der Waals surface area contributed by atoms with Gasteiger partial charge in [-0.15, -0.1) is 0 Å². The van der Waals surface area contributed by atoms with Crippen molar-refractivity contribution in [3.8, 4) is 0 Å². The SMILES string of the molecule is O=C(O)[C@@H]1CNC[C@H]1CC(F)(F)F. The van der Waals surface area contributed by atoms with Crippen LogP contribution in [0.4, 0.5) is 13.2 Å². The summed E-state index contributed by atoms with van der Waals surface area (Å²) in [7, 11) is 0. The van der Waals surface area contributed by atoms with Crippen molar-refractivity contribution in [2.24, 2.45) is 11.8 Å². The van der Waals surface area contributed by atoms with Crippen LogP contribution in [0.5, 0.6) is 0 Å². The largest absolute Gasteiger partial charge is 0.481 e. The number of alkyl halides is 3. The average molecular weight is 197 g/mol. The Kier molecular flexibility index (Phi) is 2.80. The highest BCUT2D eigenvalue weighted by molar-refractivity contribution is 5.71. The van der Waals surface area contributed by atoms with Crippen molar-refractivity contribution in [3.63, 3.8) is 0 Å². The maximum absolute atomic E-state index is 11.9. The molecule has 1 fully saturated rings. The molecule has 0 aromatic rings. The van der Waals surface area contributed by atoms with E-state index in [0.29, 0.717) is 0 Å². The fourth-order valence-electron chi connectivity index (χ4n) is 1.53. The second-order valence-corrected chi connectivity index (χ2v) is 3.18. The Hall–Kier alpha value is -0.780. The highest BCUT2D eigenvalue weighted by atomic mass is 19.4. The monoisotopic (exact) mass is 197 g/mol. The van der Waals surface area contributed by atoms with Gasteiger partial charge in [-0.05, 0) is 12.5 Å². The maximum Gasteiger partial charge on any atom is 0.389 e. The van der Waals surface area contributed by atoms with Crippen LogP contribution in [-0.4, -0.2) is 30.3 Å². The summed E-state index contributed by atoms with van der Waals surface area (Å²) in [5.41, 5.74) is 0. The molecule has 1 rings (SSSR count). The predicted molar refractivity (Wildman–Crippen MR) is 38.2 cm³/mol. The fourth-order valence-corrected chi connectivity index (χ4v) is 1.53. The Labute approximate surface area is 72.9 Å². The molecule has 0 bridgehead atoms. The Morgan fingerprint density at radius 1 is 1.46 bits per heavy atom. The molecule has 13 heavy (non-hydrogen) atoms. The van der Waals surface area contributed by atoms with Gasteiger partial charge in [-0.1, -0.05) is 0 Å². The third kappa shape index (κ3) is 2.87. The van der Waals surface area contributed by atoms with E-state index in [-0.39, 0.29) is 13.1 Å². The van der Waals surface area contributed by atoms with Crippen LogP contribution in [0.3, 0.4) is 0 Å². The summed E-state index contributed by atoms with van der Waals surface area (Å²) in [6.07, 6.45) is -5.29. The average Bonchev–Trinajstić information content (AvgIpc) is 2.31. The van der Waals surface area contributed by atoms with Crippen molar-refractivity contribution < 1.29 is 23.1 Å². The van der Waals surface area contributed by atoms with E-state index in [4.69, 9.17) is 5.11 Å². The molecular formula is C7H10F3NO2. The molecule has 0 radical (unpaired) electrons. The molecule has 0 saturated carbocycles. The van der Waals surface area contributed by atoms with E-state index in [1.807, 2.05) is 0 Å². The summed E-state index contributed by atoms with van der Waals surface area (Å²) in [6.45, 7) is 0.270. The summed E-state index contributed by atoms with van der Waals surface area (Å²) in [5.74, 6) is -2.88. The topological polar surface area (TPSA) is 49.3 Å². The van der Waals surface area contributed by atoms with E-state index in [2.05, 4.69) is 5.32 Å². The Bertz CT molecular complexity index is 204. The lowest BCUT2D eigenvalue weighted by atomic mass is 9.93. The summed E-state index contributed by atoms with van der Waals surface area (Å²) in [6, 6.07) is 0. The molecule has 1 heterocycles. The molecule has 1 aliphatic rings. The number of rotatable bonds is 2. The standard InChI is InChI=1S/C7H10F3NO2/c8-7(9,10)1-4-2-11-3-5(4)6(12)13/h4-5,11H,1-3H2,(H,12,13)/t4-,5-/m1/s1. The van der Waals surface area contributed by atoms with Crippen molar-refractivity contribution in [1.82, 2.24) is 5.32 Å². The zero-order valence-corrected chi connectivity index (χ0v) is 6.77. The number of nitrogens with one attached hydrogen (secondary N) is 1. The molecule has 0 aliphatic carbocycles. The molecule has 0 amide bonds. The van der Waals surface area contributed by atoms with Gasteiger partial charge in [-0.25, -0.2) is 0 Å². The molecule has 2 atom stereocenters. The fraction of sp³-hybridized carbons (Fsp3) is 0.857. The Balaban J connectivity index is 2.54. The zero-order chi connectivity index (χ0) is 10.1. The van der Waals surface area contributed by atoms with Gasteiger partial charge < -0.3 is 10.4 Å². The number of aliphatic carboxylic acids is 1. The minimum absolute atomic E-state index is 0.135. The number of hydrogen-bond acceptors (Lipinski definition) is 2. The van der Waals surface area contributed by atoms with Gasteiger partial charge in [-0.3, -0.25) is 4.79 Å². The molecule has 76 valence electrons. The van der Waals surface area contributed by atoms with Gasteiger partial charge in [0.25, 0.3) is 0 Å². The first kappa shape index (κ1) is 10.3. The molecular weight excluding hydrogens is 187 g/mol. The quantitative estimate of drug-likeness (QED) is 0.690. The lowest BCUT2D eigenvalue weighted by Gasteiger charge is -2.15. The molecule has 1 saturated heterocycles. The van der Waals surface area contributed by atoms with Crippen molar-refractivity contribution in [2.45, 2.75) is 12.6 Å². The van der Waals surface area contributed by atoms with Gasteiger partial charge >= 0.3 is 12.1 Å². The van der Waals surface area contributed by atoms with Crippen molar-refractivity contribution in [3.05, 3.63) is 0 Å². The second kappa shape index (κ2) is 3.53. The minimum Gasteiger partial charge on any atom is -0.481 e. The first-order valence-electron chi connectivity index (χ1n) is 3.90. The predicted octanol–water partition coefficient (Wildman–Crippen LogP) is 0.859. The molecule has 0 unspecified atom stereocenters. The summed E-state index contributed by atoms with van der Waals surface area (Å²) in [4.78, 5) is 10.5. The number of carboxylic acid groups (broad SMARTS) is 1. The van der Waals surface area contributed by atoms with Crippen molar-refractivity contribution >= 4 is 5.97 Å². The second-order valence-electron chi connectivity index (χ2n) is 3.18. The van der Waals surface area contributed by atoms with Crippen LogP contribution in [0.2, 0.25) is 0 Å². The molecule has 0 aromatic heterocycles. The molecule has 0 aromatic carbocycles. The molecule has 0 spiro atoms. The van der Waals surface area contributed by atoms with Crippen LogP contribution in [0.1, 0.15) is 6.42 Å². The summed E-state index contributed by atoms with van der Waals surface area (Å²) < 4.78 is 35.8. The van der Waals surface area contributed by atoms with Crippen LogP contribution in [0.25, 0.3) is 0 Å². The lowest BCUT2D eigenvalue weighted by Crippen LogP contribution is -2.26. The number of hydrogen-bond donors (Lipinski definition) is 2. The zero-order valence-electron chi connectivity index (χ0n) is 6.77. The van der Waals surface area contributed by atoms with Crippen LogP contribution in [0, 0.1) is 11.8 Å². The van der Waals surface area contributed by atoms with Gasteiger partial charge in [0.2, 0.25) is 0 Å². The van der Waals surface area contributed by atoms with Crippen LogP contribution >= 0.6 is 0 Å². The van der Waals surface area contributed by atoms with Crippen molar-refractivity contribution in [2.75, 3.05) is 13.1 Å².